The van der Waals surface area contributed by atoms with E-state index in [2.05, 4.69) is 5.32 Å². The molecule has 0 aliphatic rings. The van der Waals surface area contributed by atoms with Crippen molar-refractivity contribution in [2.24, 2.45) is 0 Å². The Hall–Kier alpha value is -2.00. The van der Waals surface area contributed by atoms with Crippen LogP contribution in [0.4, 0.5) is 0 Å². The third-order valence-electron chi connectivity index (χ3n) is 3.11. The van der Waals surface area contributed by atoms with Gasteiger partial charge in [0.25, 0.3) is 5.91 Å². The molecule has 0 aliphatic carbocycles. The molecule has 1 N–H and O–H groups in total. The first-order valence-electron chi connectivity index (χ1n) is 6.76. The summed E-state index contributed by atoms with van der Waals surface area (Å²) in [5.41, 5.74) is 2.94. The molecule has 0 spiro atoms. The fraction of sp³-hybridized carbons (Fsp3) is 0.235. The molecule has 110 valence electrons. The van der Waals surface area contributed by atoms with Crippen molar-refractivity contribution in [3.63, 3.8) is 0 Å². The Labute approximate surface area is 129 Å². The van der Waals surface area contributed by atoms with Crippen LogP contribution in [0.2, 0.25) is 5.02 Å². The molecule has 2 aromatic carbocycles. The number of hydrogen-bond acceptors (Lipinski definition) is 2. The minimum Gasteiger partial charge on any atom is -0.484 e. The third-order valence-corrected chi connectivity index (χ3v) is 3.71. The Balaban J connectivity index is 1.84. The molecule has 0 unspecified atom stereocenters. The maximum atomic E-state index is 11.8. The number of ether oxygens (including phenoxy) is 1. The Kier molecular flexibility index (Phi) is 5.23. The Morgan fingerprint density at radius 2 is 1.76 bits per heavy atom. The summed E-state index contributed by atoms with van der Waals surface area (Å²) in [4.78, 5) is 11.8. The van der Waals surface area contributed by atoms with Crippen LogP contribution in [0, 0.1) is 13.8 Å². The predicted molar refractivity (Wildman–Crippen MR) is 84.7 cm³/mol. The average Bonchev–Trinajstić information content (AvgIpc) is 2.49. The standard InChI is InChI=1S/C17H18ClNO2/c1-12-8-15(9-13(2)17(12)18)21-11-16(20)19-10-14-6-4-3-5-7-14/h3-9H,10-11H2,1-2H3,(H,19,20). The van der Waals surface area contributed by atoms with Crippen LogP contribution >= 0.6 is 11.6 Å². The molecule has 0 atom stereocenters. The van der Waals surface area contributed by atoms with Crippen LogP contribution in [0.5, 0.6) is 5.75 Å². The lowest BCUT2D eigenvalue weighted by Crippen LogP contribution is -2.28. The fourth-order valence-electron chi connectivity index (χ4n) is 1.99. The largest absolute Gasteiger partial charge is 0.484 e. The predicted octanol–water partition coefficient (Wildman–Crippen LogP) is 3.65. The lowest BCUT2D eigenvalue weighted by molar-refractivity contribution is -0.123. The number of hydrogen-bond donors (Lipinski definition) is 1. The molecule has 0 saturated carbocycles. The number of carbonyl (C=O) groups excluding carboxylic acids is 1. The van der Waals surface area contributed by atoms with Crippen LogP contribution in [0.3, 0.4) is 0 Å². The first kappa shape index (κ1) is 15.4. The molecule has 2 rings (SSSR count). The summed E-state index contributed by atoms with van der Waals surface area (Å²) in [6.07, 6.45) is 0. The minimum absolute atomic E-state index is 0.00660. The molecule has 4 heteroatoms. The summed E-state index contributed by atoms with van der Waals surface area (Å²) >= 11 is 6.10. The van der Waals surface area contributed by atoms with Gasteiger partial charge >= 0.3 is 0 Å². The summed E-state index contributed by atoms with van der Waals surface area (Å²) in [5.74, 6) is 0.508. The second kappa shape index (κ2) is 7.14. The van der Waals surface area contributed by atoms with E-state index < -0.39 is 0 Å². The van der Waals surface area contributed by atoms with Crippen molar-refractivity contribution in [1.29, 1.82) is 0 Å². The summed E-state index contributed by atoms with van der Waals surface area (Å²) < 4.78 is 5.50. The maximum Gasteiger partial charge on any atom is 0.258 e. The van der Waals surface area contributed by atoms with E-state index >= 15 is 0 Å². The molecule has 2 aromatic rings. The molecule has 0 saturated heterocycles. The van der Waals surface area contributed by atoms with Crippen LogP contribution in [0.25, 0.3) is 0 Å². The molecule has 0 radical (unpaired) electrons. The smallest absolute Gasteiger partial charge is 0.258 e. The minimum atomic E-state index is -0.149. The van der Waals surface area contributed by atoms with Crippen LogP contribution in [0.15, 0.2) is 42.5 Å². The third kappa shape index (κ3) is 4.50. The number of nitrogens with one attached hydrogen (secondary N) is 1. The molecule has 3 nitrogen and oxygen atoms in total. The zero-order valence-corrected chi connectivity index (χ0v) is 12.9. The molecule has 0 heterocycles. The molecule has 21 heavy (non-hydrogen) atoms. The number of benzene rings is 2. The molecule has 0 fully saturated rings. The van der Waals surface area contributed by atoms with Gasteiger partial charge in [-0.3, -0.25) is 4.79 Å². The number of rotatable bonds is 5. The van der Waals surface area contributed by atoms with Crippen LogP contribution < -0.4 is 10.1 Å². The van der Waals surface area contributed by atoms with Crippen molar-refractivity contribution in [3.05, 3.63) is 64.2 Å². The summed E-state index contributed by atoms with van der Waals surface area (Å²) in [6.45, 7) is 4.32. The molecule has 0 aromatic heterocycles. The van der Waals surface area contributed by atoms with Gasteiger partial charge in [-0.15, -0.1) is 0 Å². The van der Waals surface area contributed by atoms with Crippen LogP contribution in [0.1, 0.15) is 16.7 Å². The highest BCUT2D eigenvalue weighted by molar-refractivity contribution is 6.32. The van der Waals surface area contributed by atoms with Gasteiger partial charge < -0.3 is 10.1 Å². The van der Waals surface area contributed by atoms with Crippen molar-refractivity contribution in [2.45, 2.75) is 20.4 Å². The molecule has 1 amide bonds. The SMILES string of the molecule is Cc1cc(OCC(=O)NCc2ccccc2)cc(C)c1Cl. The molecule has 0 aliphatic heterocycles. The maximum absolute atomic E-state index is 11.8. The summed E-state index contributed by atoms with van der Waals surface area (Å²) in [5, 5.41) is 3.55. The summed E-state index contributed by atoms with van der Waals surface area (Å²) in [7, 11) is 0. The second-order valence-electron chi connectivity index (χ2n) is 4.92. The van der Waals surface area contributed by atoms with E-state index in [9.17, 15) is 4.79 Å². The first-order chi connectivity index (χ1) is 10.1. The van der Waals surface area contributed by atoms with E-state index in [1.807, 2.05) is 56.3 Å². The Morgan fingerprint density at radius 1 is 1.14 bits per heavy atom. The first-order valence-corrected chi connectivity index (χ1v) is 7.14. The highest BCUT2D eigenvalue weighted by atomic mass is 35.5. The van der Waals surface area contributed by atoms with Crippen LogP contribution in [-0.4, -0.2) is 12.5 Å². The number of aryl methyl sites for hydroxylation is 2. The van der Waals surface area contributed by atoms with Gasteiger partial charge in [0.05, 0.1) is 0 Å². The van der Waals surface area contributed by atoms with Gasteiger partial charge in [0, 0.05) is 11.6 Å². The van der Waals surface area contributed by atoms with E-state index in [1.165, 1.54) is 0 Å². The van der Waals surface area contributed by atoms with Gasteiger partial charge in [-0.2, -0.15) is 0 Å². The Morgan fingerprint density at radius 3 is 2.38 bits per heavy atom. The van der Waals surface area contributed by atoms with E-state index in [-0.39, 0.29) is 12.5 Å². The van der Waals surface area contributed by atoms with Gasteiger partial charge in [0.2, 0.25) is 0 Å². The molecular weight excluding hydrogens is 286 g/mol. The van der Waals surface area contributed by atoms with Crippen molar-refractivity contribution < 1.29 is 9.53 Å². The lowest BCUT2D eigenvalue weighted by Gasteiger charge is -2.10. The van der Waals surface area contributed by atoms with Gasteiger partial charge in [0.15, 0.2) is 6.61 Å². The van der Waals surface area contributed by atoms with E-state index in [0.29, 0.717) is 12.3 Å². The average molecular weight is 304 g/mol. The van der Waals surface area contributed by atoms with Gasteiger partial charge in [-0.25, -0.2) is 0 Å². The Bertz CT molecular complexity index is 603. The fourth-order valence-corrected chi connectivity index (χ4v) is 2.10. The van der Waals surface area contributed by atoms with Crippen LogP contribution in [-0.2, 0) is 11.3 Å². The highest BCUT2D eigenvalue weighted by Gasteiger charge is 2.06. The zero-order chi connectivity index (χ0) is 15.2. The van der Waals surface area contributed by atoms with Crippen molar-refractivity contribution in [2.75, 3.05) is 6.61 Å². The quantitative estimate of drug-likeness (QED) is 0.915. The zero-order valence-electron chi connectivity index (χ0n) is 12.2. The van der Waals surface area contributed by atoms with Crippen molar-refractivity contribution in [3.8, 4) is 5.75 Å². The van der Waals surface area contributed by atoms with Crippen molar-refractivity contribution in [1.82, 2.24) is 5.32 Å². The number of amides is 1. The van der Waals surface area contributed by atoms with E-state index in [4.69, 9.17) is 16.3 Å². The molecular formula is C17H18ClNO2. The topological polar surface area (TPSA) is 38.3 Å². The van der Waals surface area contributed by atoms with Gasteiger partial charge in [-0.05, 0) is 42.7 Å². The monoisotopic (exact) mass is 303 g/mol. The van der Waals surface area contributed by atoms with Crippen molar-refractivity contribution >= 4 is 17.5 Å². The number of carbonyl (C=O) groups is 1. The lowest BCUT2D eigenvalue weighted by atomic mass is 10.1. The summed E-state index contributed by atoms with van der Waals surface area (Å²) in [6, 6.07) is 13.4. The number of halogens is 1. The normalized spacial score (nSPS) is 10.2. The van der Waals surface area contributed by atoms with E-state index in [0.717, 1.165) is 21.7 Å². The highest BCUT2D eigenvalue weighted by Crippen LogP contribution is 2.25. The second-order valence-corrected chi connectivity index (χ2v) is 5.30. The molecule has 0 bridgehead atoms. The van der Waals surface area contributed by atoms with Gasteiger partial charge in [0.1, 0.15) is 5.75 Å². The van der Waals surface area contributed by atoms with E-state index in [1.54, 1.807) is 0 Å². The van der Waals surface area contributed by atoms with Gasteiger partial charge in [-0.1, -0.05) is 41.9 Å².